The van der Waals surface area contributed by atoms with Crippen LogP contribution in [0.5, 0.6) is 0 Å². The molecule has 0 aromatic heterocycles. The van der Waals surface area contributed by atoms with Crippen molar-refractivity contribution in [2.24, 2.45) is 46.3 Å². The van der Waals surface area contributed by atoms with Gasteiger partial charge in [0, 0.05) is 5.41 Å². The molecule has 0 aromatic rings. The Morgan fingerprint density at radius 1 is 0.921 bits per heavy atom. The molecule has 6 nitrogen and oxygen atoms in total. The van der Waals surface area contributed by atoms with E-state index in [1.165, 1.54) is 44.9 Å². The van der Waals surface area contributed by atoms with Crippen molar-refractivity contribution < 1.29 is 29.9 Å². The van der Waals surface area contributed by atoms with E-state index in [4.69, 9.17) is 9.47 Å². The van der Waals surface area contributed by atoms with E-state index in [1.807, 2.05) is 0 Å². The Bertz CT molecular complexity index is 820. The molecule has 1 saturated heterocycles. The number of hydrogen-bond donors (Lipinski definition) is 4. The third-order valence-electron chi connectivity index (χ3n) is 12.8. The normalized spacial score (nSPS) is 51.5. The summed E-state index contributed by atoms with van der Waals surface area (Å²) in [6.45, 7) is 11.7. The van der Waals surface area contributed by atoms with E-state index >= 15 is 0 Å². The predicted molar refractivity (Wildman–Crippen MR) is 147 cm³/mol. The molecule has 4 saturated carbocycles. The first-order valence-electron chi connectivity index (χ1n) is 16.0. The van der Waals surface area contributed by atoms with Gasteiger partial charge in [0.25, 0.3) is 0 Å². The lowest BCUT2D eigenvalue weighted by Gasteiger charge is -2.65. The summed E-state index contributed by atoms with van der Waals surface area (Å²) in [5, 5.41) is 43.0. The Morgan fingerprint density at radius 2 is 1.66 bits per heavy atom. The smallest absolute Gasteiger partial charge is 0.187 e. The number of fused-ring (bicyclic) bond motifs is 5. The Balaban J connectivity index is 1.38. The van der Waals surface area contributed by atoms with Crippen molar-refractivity contribution in [2.45, 2.75) is 148 Å². The number of rotatable bonds is 8. The van der Waals surface area contributed by atoms with Crippen LogP contribution >= 0.6 is 0 Å². The van der Waals surface area contributed by atoms with Gasteiger partial charge in [-0.2, -0.15) is 0 Å². The van der Waals surface area contributed by atoms with Crippen molar-refractivity contribution in [2.75, 3.05) is 6.61 Å². The first-order chi connectivity index (χ1) is 18.0. The molecule has 5 rings (SSSR count). The molecule has 6 heteroatoms. The lowest BCUT2D eigenvalue weighted by molar-refractivity contribution is -0.303. The molecule has 5 fully saturated rings. The van der Waals surface area contributed by atoms with Crippen molar-refractivity contribution in [3.05, 3.63) is 0 Å². The lowest BCUT2D eigenvalue weighted by Crippen LogP contribution is -2.68. The van der Waals surface area contributed by atoms with Crippen molar-refractivity contribution >= 4 is 0 Å². The Kier molecular flexibility index (Phi) is 8.37. The van der Waals surface area contributed by atoms with Crippen LogP contribution in [0.4, 0.5) is 0 Å². The molecular weight excluding hydrogens is 480 g/mol. The fourth-order valence-corrected chi connectivity index (χ4v) is 10.6. The molecule has 0 amide bonds. The zero-order valence-corrected chi connectivity index (χ0v) is 24.6. The lowest BCUT2D eigenvalue weighted by atomic mass is 9.42. The quantitative estimate of drug-likeness (QED) is 0.347. The van der Waals surface area contributed by atoms with Crippen LogP contribution in [-0.2, 0) is 9.47 Å². The highest BCUT2D eigenvalue weighted by Crippen LogP contribution is 2.69. The second-order valence-corrected chi connectivity index (χ2v) is 15.0. The minimum atomic E-state index is -1.22. The van der Waals surface area contributed by atoms with E-state index < -0.39 is 36.3 Å². The highest BCUT2D eigenvalue weighted by Gasteiger charge is 2.67. The van der Waals surface area contributed by atoms with Gasteiger partial charge in [-0.05, 0) is 85.9 Å². The van der Waals surface area contributed by atoms with Gasteiger partial charge < -0.3 is 29.9 Å². The SMILES string of the molecule is CC(C)CCC[C@@H](C)[C@H]1CC[C@H]2[C@@H]3C[C@@H](O[C@@H]4O[C@@H](CO)[C@H](O)[C@H]4O)[C@@]4(O)CCCC[C@]4(C)[C@H]3CC[C@]12C. The van der Waals surface area contributed by atoms with Crippen molar-refractivity contribution in [1.29, 1.82) is 0 Å². The Morgan fingerprint density at radius 3 is 2.34 bits per heavy atom. The summed E-state index contributed by atoms with van der Waals surface area (Å²) in [7, 11) is 0. The van der Waals surface area contributed by atoms with Crippen LogP contribution in [0, 0.1) is 46.3 Å². The summed E-state index contributed by atoms with van der Waals surface area (Å²) in [6.07, 6.45) is 8.93. The molecule has 13 atom stereocenters. The van der Waals surface area contributed by atoms with Crippen molar-refractivity contribution in [3.63, 3.8) is 0 Å². The van der Waals surface area contributed by atoms with Gasteiger partial charge in [0.1, 0.15) is 18.3 Å². The highest BCUT2D eigenvalue weighted by atomic mass is 16.7. The average Bonchev–Trinajstić information content (AvgIpc) is 3.36. The molecule has 4 aliphatic carbocycles. The largest absolute Gasteiger partial charge is 0.394 e. The second kappa shape index (κ2) is 10.9. The van der Waals surface area contributed by atoms with Crippen LogP contribution in [0.3, 0.4) is 0 Å². The van der Waals surface area contributed by atoms with Gasteiger partial charge in [0.2, 0.25) is 0 Å². The van der Waals surface area contributed by atoms with E-state index in [0.717, 1.165) is 43.4 Å². The number of aliphatic hydroxyl groups excluding tert-OH is 3. The fourth-order valence-electron chi connectivity index (χ4n) is 10.6. The molecule has 0 bridgehead atoms. The molecule has 0 unspecified atom stereocenters. The standard InChI is InChI=1S/C32H56O6/c1-19(2)9-8-10-20(3)22-11-12-23-21-17-26(38-29-28(35)27(34)25(18-33)37-29)32(36)15-7-6-14-31(32,5)24(21)13-16-30(22,23)4/h19-29,33-36H,6-18H2,1-5H3/t20-,21+,22-,23+,24+,25+,26-,27+,28-,29+,30-,31-,32+/m1/s1. The zero-order chi connectivity index (χ0) is 27.5. The zero-order valence-electron chi connectivity index (χ0n) is 24.6. The van der Waals surface area contributed by atoms with E-state index in [2.05, 4.69) is 34.6 Å². The highest BCUT2D eigenvalue weighted by molar-refractivity contribution is 5.17. The topological polar surface area (TPSA) is 99.4 Å². The molecule has 38 heavy (non-hydrogen) atoms. The van der Waals surface area contributed by atoms with Gasteiger partial charge >= 0.3 is 0 Å². The van der Waals surface area contributed by atoms with Crippen LogP contribution < -0.4 is 0 Å². The Labute approximate surface area is 230 Å². The number of ether oxygens (including phenoxy) is 2. The summed E-state index contributed by atoms with van der Waals surface area (Å²) >= 11 is 0. The van der Waals surface area contributed by atoms with Gasteiger partial charge in [0.15, 0.2) is 6.29 Å². The molecule has 0 aromatic carbocycles. The summed E-state index contributed by atoms with van der Waals surface area (Å²) < 4.78 is 12.2. The van der Waals surface area contributed by atoms with E-state index in [1.54, 1.807) is 0 Å². The summed E-state index contributed by atoms with van der Waals surface area (Å²) in [6, 6.07) is 0. The van der Waals surface area contributed by atoms with Crippen molar-refractivity contribution in [1.82, 2.24) is 0 Å². The van der Waals surface area contributed by atoms with Crippen molar-refractivity contribution in [3.8, 4) is 0 Å². The number of hydrogen-bond acceptors (Lipinski definition) is 6. The minimum Gasteiger partial charge on any atom is -0.394 e. The first kappa shape index (κ1) is 29.3. The third kappa shape index (κ3) is 4.61. The monoisotopic (exact) mass is 536 g/mol. The van der Waals surface area contributed by atoms with Gasteiger partial charge in [-0.3, -0.25) is 0 Å². The van der Waals surface area contributed by atoms with Crippen LogP contribution in [-0.4, -0.2) is 63.3 Å². The maximum atomic E-state index is 12.4. The van der Waals surface area contributed by atoms with Crippen LogP contribution in [0.2, 0.25) is 0 Å². The van der Waals surface area contributed by atoms with E-state index in [9.17, 15) is 20.4 Å². The summed E-state index contributed by atoms with van der Waals surface area (Å²) in [5.41, 5.74) is -0.849. The Hall–Kier alpha value is -0.240. The van der Waals surface area contributed by atoms with Gasteiger partial charge in [0.05, 0.1) is 18.3 Å². The molecule has 1 heterocycles. The molecular formula is C32H56O6. The molecule has 0 spiro atoms. The van der Waals surface area contributed by atoms with Gasteiger partial charge in [-0.1, -0.05) is 66.7 Å². The molecule has 1 aliphatic heterocycles. The molecule has 5 aliphatic rings. The molecule has 0 radical (unpaired) electrons. The average molecular weight is 537 g/mol. The van der Waals surface area contributed by atoms with Gasteiger partial charge in [-0.25, -0.2) is 0 Å². The van der Waals surface area contributed by atoms with Crippen LogP contribution in [0.15, 0.2) is 0 Å². The number of aliphatic hydroxyl groups is 4. The third-order valence-corrected chi connectivity index (χ3v) is 12.8. The van der Waals surface area contributed by atoms with Gasteiger partial charge in [-0.15, -0.1) is 0 Å². The maximum Gasteiger partial charge on any atom is 0.187 e. The van der Waals surface area contributed by atoms with Crippen LogP contribution in [0.1, 0.15) is 112 Å². The summed E-state index contributed by atoms with van der Waals surface area (Å²) in [5.74, 6) is 3.91. The molecule has 220 valence electrons. The van der Waals surface area contributed by atoms with Crippen LogP contribution in [0.25, 0.3) is 0 Å². The predicted octanol–water partition coefficient (Wildman–Crippen LogP) is 5.05. The maximum absolute atomic E-state index is 12.4. The second-order valence-electron chi connectivity index (χ2n) is 15.0. The molecule has 4 N–H and O–H groups in total. The fraction of sp³-hybridized carbons (Fsp3) is 1.00. The summed E-state index contributed by atoms with van der Waals surface area (Å²) in [4.78, 5) is 0. The van der Waals surface area contributed by atoms with E-state index in [-0.39, 0.29) is 12.0 Å². The van der Waals surface area contributed by atoms with E-state index in [0.29, 0.717) is 29.6 Å². The first-order valence-corrected chi connectivity index (χ1v) is 16.0. The minimum absolute atomic E-state index is 0.223.